The number of hydrogen-bond acceptors (Lipinski definition) is 5. The summed E-state index contributed by atoms with van der Waals surface area (Å²) in [4.78, 5) is 17.3. The lowest BCUT2D eigenvalue weighted by Gasteiger charge is -2.18. The maximum absolute atomic E-state index is 13.0. The van der Waals surface area contributed by atoms with Crippen molar-refractivity contribution in [2.24, 2.45) is 0 Å². The van der Waals surface area contributed by atoms with Crippen molar-refractivity contribution in [3.63, 3.8) is 0 Å². The average Bonchev–Trinajstić information content (AvgIpc) is 3.01. The third kappa shape index (κ3) is 5.67. The van der Waals surface area contributed by atoms with Crippen LogP contribution in [0.4, 0.5) is 0 Å². The van der Waals surface area contributed by atoms with Gasteiger partial charge in [0.2, 0.25) is 0 Å². The maximum atomic E-state index is 13.0. The van der Waals surface area contributed by atoms with Crippen LogP contribution in [0.5, 0.6) is 11.5 Å². The summed E-state index contributed by atoms with van der Waals surface area (Å²) in [6.45, 7) is 13.2. The Morgan fingerprint density at radius 1 is 0.633 bits per heavy atom. The molecule has 0 bridgehead atoms. The molecule has 0 atom stereocenters. The second kappa shape index (κ2) is 12.2. The minimum atomic E-state index is 0. The Bertz CT molecular complexity index is 770. The van der Waals surface area contributed by atoms with Gasteiger partial charge in [0.1, 0.15) is 25.0 Å². The summed E-state index contributed by atoms with van der Waals surface area (Å²) in [7, 11) is 0. The molecule has 0 radical (unpaired) electrons. The highest BCUT2D eigenvalue weighted by Crippen LogP contribution is 2.39. The zero-order valence-corrected chi connectivity index (χ0v) is 19.8. The number of ether oxygens (including phenoxy) is 2. The Morgan fingerprint density at radius 2 is 1.00 bits per heavy atom. The number of hydrogen-bond donors (Lipinski definition) is 0. The van der Waals surface area contributed by atoms with Crippen LogP contribution in [0.2, 0.25) is 0 Å². The van der Waals surface area contributed by atoms with Crippen molar-refractivity contribution in [2.45, 2.75) is 27.7 Å². The van der Waals surface area contributed by atoms with Crippen molar-refractivity contribution < 1.29 is 14.3 Å². The fourth-order valence-corrected chi connectivity index (χ4v) is 3.36. The molecule has 1 aliphatic rings. The molecule has 0 amide bonds. The Hall–Kier alpha value is -1.79. The molecule has 0 aromatic heterocycles. The van der Waals surface area contributed by atoms with Crippen molar-refractivity contribution in [1.29, 1.82) is 0 Å². The van der Waals surface area contributed by atoms with E-state index in [4.69, 9.17) is 9.47 Å². The highest BCUT2D eigenvalue weighted by molar-refractivity contribution is 6.22. The van der Waals surface area contributed by atoms with Crippen molar-refractivity contribution in [3.8, 4) is 22.6 Å². The molecule has 3 rings (SSSR count). The summed E-state index contributed by atoms with van der Waals surface area (Å²) in [6.07, 6.45) is 0. The van der Waals surface area contributed by atoms with Crippen LogP contribution in [0.1, 0.15) is 43.6 Å². The minimum Gasteiger partial charge on any atom is -0.478 e. The molecule has 0 saturated carbocycles. The molecule has 0 aliphatic heterocycles. The van der Waals surface area contributed by atoms with Gasteiger partial charge >= 0.3 is 0 Å². The summed E-state index contributed by atoms with van der Waals surface area (Å²) in [5, 5.41) is 0. The third-order valence-electron chi connectivity index (χ3n) is 5.38. The predicted molar refractivity (Wildman–Crippen MR) is 127 cm³/mol. The summed E-state index contributed by atoms with van der Waals surface area (Å²) >= 11 is 0. The molecule has 1 aliphatic carbocycles. The van der Waals surface area contributed by atoms with Crippen molar-refractivity contribution in [3.05, 3.63) is 47.5 Å². The summed E-state index contributed by atoms with van der Waals surface area (Å²) in [5.41, 5.74) is 3.33. The summed E-state index contributed by atoms with van der Waals surface area (Å²) in [5.74, 6) is 1.49. The molecule has 0 saturated heterocycles. The topological polar surface area (TPSA) is 42.0 Å². The van der Waals surface area contributed by atoms with Gasteiger partial charge in [-0.1, -0.05) is 27.7 Å². The number of nitrogens with zero attached hydrogens (tertiary/aromatic N) is 2. The first-order chi connectivity index (χ1) is 13.6. The number of carbonyl (C=O) groups is 1. The maximum Gasteiger partial charge on any atom is 0.194 e. The molecule has 7 heteroatoms. The van der Waals surface area contributed by atoms with E-state index in [2.05, 4.69) is 37.5 Å². The molecule has 0 fully saturated rings. The lowest BCUT2D eigenvalue weighted by molar-refractivity contribution is 0.104. The van der Waals surface area contributed by atoms with Gasteiger partial charge in [-0.25, -0.2) is 0 Å². The van der Waals surface area contributed by atoms with Crippen LogP contribution in [0.15, 0.2) is 36.4 Å². The van der Waals surface area contributed by atoms with Crippen molar-refractivity contribution >= 4 is 30.6 Å². The van der Waals surface area contributed by atoms with Gasteiger partial charge in [0.25, 0.3) is 0 Å². The Morgan fingerprint density at radius 3 is 1.33 bits per heavy atom. The van der Waals surface area contributed by atoms with Crippen LogP contribution in [0.3, 0.4) is 0 Å². The molecule has 2 aromatic rings. The molecule has 0 N–H and O–H groups in total. The van der Waals surface area contributed by atoms with Gasteiger partial charge < -0.3 is 9.47 Å². The monoisotopic (exact) mass is 454 g/mol. The Balaban J connectivity index is 0.00000225. The molecule has 2 aromatic carbocycles. The molecule has 0 spiro atoms. The van der Waals surface area contributed by atoms with E-state index in [0.29, 0.717) is 24.6 Å². The van der Waals surface area contributed by atoms with Gasteiger partial charge in [-0.3, -0.25) is 14.6 Å². The van der Waals surface area contributed by atoms with Crippen LogP contribution < -0.4 is 9.47 Å². The minimum absolute atomic E-state index is 0. The zero-order valence-electron chi connectivity index (χ0n) is 18.1. The Kier molecular flexibility index (Phi) is 10.6. The van der Waals surface area contributed by atoms with Crippen molar-refractivity contribution in [2.75, 3.05) is 39.6 Å². The second-order valence-corrected chi connectivity index (χ2v) is 6.90. The van der Waals surface area contributed by atoms with Crippen molar-refractivity contribution in [1.82, 2.24) is 9.80 Å². The number of carbonyl (C=O) groups excluding carboxylic acids is 1. The second-order valence-electron chi connectivity index (χ2n) is 6.90. The molecule has 0 heterocycles. The zero-order chi connectivity index (χ0) is 20.1. The third-order valence-corrected chi connectivity index (χ3v) is 5.38. The van der Waals surface area contributed by atoms with Gasteiger partial charge in [0.05, 0.1) is 0 Å². The molecular weight excluding hydrogens is 423 g/mol. The molecular formula is C23H32Cl2N2O3. The van der Waals surface area contributed by atoms with E-state index in [1.54, 1.807) is 0 Å². The molecule has 0 unspecified atom stereocenters. The first-order valence-corrected chi connectivity index (χ1v) is 10.1. The largest absolute Gasteiger partial charge is 0.478 e. The summed E-state index contributed by atoms with van der Waals surface area (Å²) in [6, 6.07) is 11.6. The molecule has 5 nitrogen and oxygen atoms in total. The van der Waals surface area contributed by atoms with Crippen LogP contribution in [0.25, 0.3) is 11.1 Å². The van der Waals surface area contributed by atoms with Crippen LogP contribution in [-0.2, 0) is 0 Å². The van der Waals surface area contributed by atoms with E-state index < -0.39 is 0 Å². The normalized spacial score (nSPS) is 11.6. The number of ketones is 1. The van der Waals surface area contributed by atoms with Gasteiger partial charge in [0.15, 0.2) is 5.78 Å². The number of benzene rings is 2. The van der Waals surface area contributed by atoms with Gasteiger partial charge in [-0.15, -0.1) is 24.8 Å². The highest BCUT2D eigenvalue weighted by atomic mass is 35.5. The van der Waals surface area contributed by atoms with E-state index >= 15 is 0 Å². The quantitative estimate of drug-likeness (QED) is 0.398. The van der Waals surface area contributed by atoms with Crippen LogP contribution >= 0.6 is 24.8 Å². The van der Waals surface area contributed by atoms with E-state index in [1.807, 2.05) is 36.4 Å². The number of halogens is 2. The first-order valence-electron chi connectivity index (χ1n) is 10.1. The van der Waals surface area contributed by atoms with E-state index in [1.165, 1.54) is 0 Å². The predicted octanol–water partition coefficient (Wildman–Crippen LogP) is 5.10. The Labute approximate surface area is 192 Å². The van der Waals surface area contributed by atoms with E-state index in [9.17, 15) is 4.79 Å². The van der Waals surface area contributed by atoms with Gasteiger partial charge in [-0.05, 0) is 73.7 Å². The van der Waals surface area contributed by atoms with E-state index in [-0.39, 0.29) is 30.6 Å². The van der Waals surface area contributed by atoms with Gasteiger partial charge in [-0.2, -0.15) is 0 Å². The number of fused-ring (bicyclic) bond motifs is 3. The summed E-state index contributed by atoms with van der Waals surface area (Å²) < 4.78 is 11.8. The average molecular weight is 455 g/mol. The van der Waals surface area contributed by atoms with Gasteiger partial charge in [0, 0.05) is 11.1 Å². The fraction of sp³-hybridized carbons (Fsp3) is 0.435. The fourth-order valence-electron chi connectivity index (χ4n) is 3.36. The standard InChI is InChI=1S/C23H30N2O3.2ClH/c1-5-24(6-2)15-27-17-9-11-19-20-12-10-18(28-16-25(7-3)8-4)14-22(20)23(26)21(19)13-17;;/h9-14H,5-8,15-16H2,1-4H3;2*1H. The highest BCUT2D eigenvalue weighted by Gasteiger charge is 2.27. The lowest BCUT2D eigenvalue weighted by atomic mass is 10.1. The first kappa shape index (κ1) is 26.2. The van der Waals surface area contributed by atoms with E-state index in [0.717, 1.165) is 48.8 Å². The molecule has 30 heavy (non-hydrogen) atoms. The van der Waals surface area contributed by atoms with Crippen LogP contribution in [-0.4, -0.2) is 55.2 Å². The number of rotatable bonds is 10. The lowest BCUT2D eigenvalue weighted by Crippen LogP contribution is -2.27. The smallest absolute Gasteiger partial charge is 0.194 e. The van der Waals surface area contributed by atoms with Crippen LogP contribution in [0, 0.1) is 0 Å². The molecule has 166 valence electrons. The SMILES string of the molecule is CCN(CC)COc1ccc2c(c1)C(=O)c1cc(OCN(CC)CC)ccc1-2.Cl.Cl.